The lowest BCUT2D eigenvalue weighted by Crippen LogP contribution is -2.38. The van der Waals surface area contributed by atoms with Crippen LogP contribution in [0.1, 0.15) is 51.4 Å². The van der Waals surface area contributed by atoms with Gasteiger partial charge in [-0.05, 0) is 44.9 Å². The maximum absolute atomic E-state index is 10.9. The van der Waals surface area contributed by atoms with E-state index in [0.717, 1.165) is 51.6 Å². The SMILES string of the molecule is CN(C(=O)O)C1CCC(C#CCCOC2CCCCO2)CC1. The second kappa shape index (κ2) is 9.02. The number of amides is 1. The molecule has 1 heterocycles. The Bertz CT molecular complexity index is 401. The zero-order valence-electron chi connectivity index (χ0n) is 13.4. The highest BCUT2D eigenvalue weighted by atomic mass is 16.7. The van der Waals surface area contributed by atoms with Gasteiger partial charge in [-0.15, -0.1) is 5.92 Å². The van der Waals surface area contributed by atoms with Crippen LogP contribution in [-0.2, 0) is 9.47 Å². The summed E-state index contributed by atoms with van der Waals surface area (Å²) < 4.78 is 11.2. The molecule has 1 saturated heterocycles. The predicted octanol–water partition coefficient (Wildman–Crippen LogP) is 3.09. The molecular weight excluding hydrogens is 282 g/mol. The molecule has 0 aromatic rings. The Morgan fingerprint density at radius 3 is 2.68 bits per heavy atom. The van der Waals surface area contributed by atoms with Crippen molar-refractivity contribution >= 4 is 6.09 Å². The summed E-state index contributed by atoms with van der Waals surface area (Å²) in [5.41, 5.74) is 0. The van der Waals surface area contributed by atoms with E-state index in [1.54, 1.807) is 7.05 Å². The smallest absolute Gasteiger partial charge is 0.407 e. The highest BCUT2D eigenvalue weighted by Gasteiger charge is 2.25. The third-order valence-corrected chi connectivity index (χ3v) is 4.52. The number of carbonyl (C=O) groups is 1. The average molecular weight is 309 g/mol. The predicted molar refractivity (Wildman–Crippen MR) is 83.5 cm³/mol. The lowest BCUT2D eigenvalue weighted by molar-refractivity contribution is -0.161. The van der Waals surface area contributed by atoms with Crippen LogP contribution in [0.15, 0.2) is 0 Å². The lowest BCUT2D eigenvalue weighted by Gasteiger charge is -2.31. The normalized spacial score (nSPS) is 28.5. The first-order valence-electron chi connectivity index (χ1n) is 8.34. The number of nitrogens with zero attached hydrogens (tertiary/aromatic N) is 1. The number of hydrogen-bond donors (Lipinski definition) is 1. The highest BCUT2D eigenvalue weighted by molar-refractivity contribution is 5.64. The molecule has 1 N–H and O–H groups in total. The number of hydrogen-bond acceptors (Lipinski definition) is 3. The van der Waals surface area contributed by atoms with E-state index in [0.29, 0.717) is 12.5 Å². The summed E-state index contributed by atoms with van der Waals surface area (Å²) in [6.45, 7) is 1.44. The van der Waals surface area contributed by atoms with E-state index in [9.17, 15) is 4.79 Å². The van der Waals surface area contributed by atoms with Crippen LogP contribution in [-0.4, -0.2) is 48.7 Å². The molecule has 2 rings (SSSR count). The molecule has 2 aliphatic rings. The number of carboxylic acid groups (broad SMARTS) is 1. The molecule has 5 heteroatoms. The van der Waals surface area contributed by atoms with Crippen LogP contribution in [0.2, 0.25) is 0 Å². The Kier molecular flexibility index (Phi) is 7.01. The molecular formula is C17H27NO4. The molecule has 1 amide bonds. The zero-order valence-corrected chi connectivity index (χ0v) is 13.4. The van der Waals surface area contributed by atoms with Gasteiger partial charge in [0.25, 0.3) is 0 Å². The summed E-state index contributed by atoms with van der Waals surface area (Å²) in [5.74, 6) is 6.92. The zero-order chi connectivity index (χ0) is 15.8. The second-order valence-electron chi connectivity index (χ2n) is 6.14. The van der Waals surface area contributed by atoms with E-state index in [-0.39, 0.29) is 12.3 Å². The summed E-state index contributed by atoms with van der Waals surface area (Å²) in [5, 5.41) is 8.98. The van der Waals surface area contributed by atoms with Gasteiger partial charge in [-0.25, -0.2) is 4.79 Å². The van der Waals surface area contributed by atoms with Gasteiger partial charge < -0.3 is 19.5 Å². The molecule has 0 aromatic carbocycles. The van der Waals surface area contributed by atoms with E-state index < -0.39 is 6.09 Å². The van der Waals surface area contributed by atoms with Gasteiger partial charge >= 0.3 is 6.09 Å². The molecule has 1 aliphatic heterocycles. The summed E-state index contributed by atoms with van der Waals surface area (Å²) in [7, 11) is 1.66. The van der Waals surface area contributed by atoms with Crippen LogP contribution >= 0.6 is 0 Å². The van der Waals surface area contributed by atoms with Gasteiger partial charge in [0.05, 0.1) is 6.61 Å². The van der Waals surface area contributed by atoms with Crippen LogP contribution in [0, 0.1) is 17.8 Å². The van der Waals surface area contributed by atoms with Crippen molar-refractivity contribution in [1.29, 1.82) is 0 Å². The summed E-state index contributed by atoms with van der Waals surface area (Å²) in [4.78, 5) is 12.4. The van der Waals surface area contributed by atoms with Crippen molar-refractivity contribution in [3.05, 3.63) is 0 Å². The highest BCUT2D eigenvalue weighted by Crippen LogP contribution is 2.26. The maximum Gasteiger partial charge on any atom is 0.407 e. The molecule has 0 bridgehead atoms. The summed E-state index contributed by atoms with van der Waals surface area (Å²) in [6.07, 6.45) is 6.99. The van der Waals surface area contributed by atoms with E-state index in [1.165, 1.54) is 11.3 Å². The van der Waals surface area contributed by atoms with Gasteiger partial charge in [-0.3, -0.25) is 0 Å². The van der Waals surface area contributed by atoms with Crippen LogP contribution in [0.5, 0.6) is 0 Å². The molecule has 0 aromatic heterocycles. The molecule has 1 atom stereocenters. The van der Waals surface area contributed by atoms with Crippen LogP contribution in [0.25, 0.3) is 0 Å². The van der Waals surface area contributed by atoms with Crippen LogP contribution in [0.3, 0.4) is 0 Å². The first kappa shape index (κ1) is 17.1. The molecule has 5 nitrogen and oxygen atoms in total. The fourth-order valence-corrected chi connectivity index (χ4v) is 3.06. The van der Waals surface area contributed by atoms with Crippen molar-refractivity contribution in [2.45, 2.75) is 63.7 Å². The van der Waals surface area contributed by atoms with E-state index >= 15 is 0 Å². The quantitative estimate of drug-likeness (QED) is 0.640. The molecule has 1 saturated carbocycles. The third kappa shape index (κ3) is 5.51. The van der Waals surface area contributed by atoms with E-state index in [4.69, 9.17) is 14.6 Å². The minimum atomic E-state index is -0.836. The van der Waals surface area contributed by atoms with Crippen molar-refractivity contribution in [2.24, 2.45) is 5.92 Å². The minimum Gasteiger partial charge on any atom is -0.465 e. The molecule has 1 aliphatic carbocycles. The Morgan fingerprint density at radius 2 is 2.05 bits per heavy atom. The second-order valence-corrected chi connectivity index (χ2v) is 6.14. The lowest BCUT2D eigenvalue weighted by atomic mass is 9.86. The molecule has 2 fully saturated rings. The van der Waals surface area contributed by atoms with Crippen LogP contribution < -0.4 is 0 Å². The van der Waals surface area contributed by atoms with Gasteiger partial charge in [0, 0.05) is 32.0 Å². The van der Waals surface area contributed by atoms with Crippen molar-refractivity contribution in [1.82, 2.24) is 4.90 Å². The molecule has 0 spiro atoms. The molecule has 22 heavy (non-hydrogen) atoms. The van der Waals surface area contributed by atoms with Crippen molar-refractivity contribution in [3.8, 4) is 11.8 Å². The summed E-state index contributed by atoms with van der Waals surface area (Å²) in [6, 6.07) is 0.155. The first-order valence-corrected chi connectivity index (χ1v) is 8.34. The fraction of sp³-hybridized carbons (Fsp3) is 0.824. The van der Waals surface area contributed by atoms with Crippen molar-refractivity contribution in [2.75, 3.05) is 20.3 Å². The summed E-state index contributed by atoms with van der Waals surface area (Å²) >= 11 is 0. The molecule has 0 radical (unpaired) electrons. The Balaban J connectivity index is 1.59. The van der Waals surface area contributed by atoms with Gasteiger partial charge in [-0.2, -0.15) is 0 Å². The maximum atomic E-state index is 10.9. The number of ether oxygens (including phenoxy) is 2. The first-order chi connectivity index (χ1) is 10.7. The third-order valence-electron chi connectivity index (χ3n) is 4.52. The molecule has 1 unspecified atom stereocenters. The van der Waals surface area contributed by atoms with E-state index in [1.807, 2.05) is 0 Å². The van der Waals surface area contributed by atoms with Gasteiger partial charge in [0.1, 0.15) is 0 Å². The topological polar surface area (TPSA) is 59.0 Å². The van der Waals surface area contributed by atoms with Gasteiger partial charge in [-0.1, -0.05) is 5.92 Å². The monoisotopic (exact) mass is 309 g/mol. The van der Waals surface area contributed by atoms with Crippen LogP contribution in [0.4, 0.5) is 4.79 Å². The van der Waals surface area contributed by atoms with Gasteiger partial charge in [0.2, 0.25) is 0 Å². The standard InChI is InChI=1S/C17H27NO4/c1-18(17(19)20)15-10-8-14(9-11-15)6-2-4-12-21-16-7-3-5-13-22-16/h14-16H,3-5,7-13H2,1H3,(H,19,20). The van der Waals surface area contributed by atoms with Crippen molar-refractivity contribution in [3.63, 3.8) is 0 Å². The minimum absolute atomic E-state index is 0.0301. The molecule has 124 valence electrons. The Labute approximate surface area is 133 Å². The average Bonchev–Trinajstić information content (AvgIpc) is 2.55. The number of rotatable bonds is 4. The van der Waals surface area contributed by atoms with Gasteiger partial charge in [0.15, 0.2) is 6.29 Å². The fourth-order valence-electron chi connectivity index (χ4n) is 3.06. The Hall–Kier alpha value is -1.25. The largest absolute Gasteiger partial charge is 0.465 e. The van der Waals surface area contributed by atoms with E-state index in [2.05, 4.69) is 11.8 Å². The van der Waals surface area contributed by atoms with Crippen molar-refractivity contribution < 1.29 is 19.4 Å². The Morgan fingerprint density at radius 1 is 1.27 bits per heavy atom.